The van der Waals surface area contributed by atoms with Crippen molar-refractivity contribution in [3.8, 4) is 22.7 Å². The monoisotopic (exact) mass is 337 g/mol. The van der Waals surface area contributed by atoms with Crippen LogP contribution in [-0.4, -0.2) is 29.5 Å². The summed E-state index contributed by atoms with van der Waals surface area (Å²) < 4.78 is 9.63. The summed E-state index contributed by atoms with van der Waals surface area (Å²) in [4.78, 5) is 4.37. The van der Waals surface area contributed by atoms with Gasteiger partial charge in [-0.3, -0.25) is 0 Å². The van der Waals surface area contributed by atoms with Gasteiger partial charge in [-0.2, -0.15) is 14.7 Å². The fraction of sp³-hybridized carbons (Fsp3) is 0.278. The number of rotatable bonds is 2. The zero-order chi connectivity index (χ0) is 17.9. The summed E-state index contributed by atoms with van der Waals surface area (Å²) in [5.74, 6) is 2.48. The molecule has 7 nitrogen and oxygen atoms in total. The Kier molecular flexibility index (Phi) is 3.21. The quantitative estimate of drug-likeness (QED) is 0.606. The average Bonchev–Trinajstić information content (AvgIpc) is 3.11. The molecular formula is C18H19N5O2. The van der Waals surface area contributed by atoms with Crippen molar-refractivity contribution < 1.29 is 9.52 Å². The van der Waals surface area contributed by atoms with Gasteiger partial charge in [0.25, 0.3) is 0 Å². The Morgan fingerprint density at radius 2 is 1.80 bits per heavy atom. The number of phenols is 1. The van der Waals surface area contributed by atoms with Gasteiger partial charge in [0.05, 0.1) is 5.69 Å². The predicted molar refractivity (Wildman–Crippen MR) is 93.2 cm³/mol. The number of fused-ring (bicyclic) bond motifs is 1. The highest BCUT2D eigenvalue weighted by Crippen LogP contribution is 2.34. The van der Waals surface area contributed by atoms with Crippen LogP contribution in [0.25, 0.3) is 22.7 Å². The molecule has 0 saturated heterocycles. The first-order valence-electron chi connectivity index (χ1n) is 8.06. The molecule has 4 aromatic rings. The van der Waals surface area contributed by atoms with E-state index in [2.05, 4.69) is 15.2 Å². The van der Waals surface area contributed by atoms with Crippen LogP contribution >= 0.6 is 0 Å². The van der Waals surface area contributed by atoms with E-state index in [1.165, 1.54) is 0 Å². The molecule has 0 aliphatic rings. The third-order valence-corrected chi connectivity index (χ3v) is 4.33. The van der Waals surface area contributed by atoms with E-state index in [1.807, 2.05) is 40.7 Å². The fourth-order valence-electron chi connectivity index (χ4n) is 3.28. The van der Waals surface area contributed by atoms with Crippen LogP contribution in [0.2, 0.25) is 0 Å². The van der Waals surface area contributed by atoms with Crippen molar-refractivity contribution in [3.05, 3.63) is 46.9 Å². The Balaban J connectivity index is 2.02. The maximum Gasteiger partial charge on any atom is 0.249 e. The molecule has 0 bridgehead atoms. The zero-order valence-electron chi connectivity index (χ0n) is 14.8. The highest BCUT2D eigenvalue weighted by molar-refractivity contribution is 5.72. The van der Waals surface area contributed by atoms with Gasteiger partial charge in [0, 0.05) is 5.56 Å². The minimum absolute atomic E-state index is 0.240. The van der Waals surface area contributed by atoms with E-state index in [4.69, 9.17) is 4.42 Å². The average molecular weight is 337 g/mol. The lowest BCUT2D eigenvalue weighted by atomic mass is 10.0. The summed E-state index contributed by atoms with van der Waals surface area (Å²) in [5.41, 5.74) is 5.03. The van der Waals surface area contributed by atoms with Crippen LogP contribution in [0.1, 0.15) is 28.7 Å². The Morgan fingerprint density at radius 3 is 2.44 bits per heavy atom. The molecule has 0 aliphatic heterocycles. The lowest BCUT2D eigenvalue weighted by Gasteiger charge is -2.05. The van der Waals surface area contributed by atoms with Crippen LogP contribution in [0.15, 0.2) is 22.6 Å². The van der Waals surface area contributed by atoms with Gasteiger partial charge in [0.1, 0.15) is 28.9 Å². The minimum atomic E-state index is 0.240. The van der Waals surface area contributed by atoms with Crippen LogP contribution in [-0.2, 0) is 0 Å². The highest BCUT2D eigenvalue weighted by Gasteiger charge is 2.24. The van der Waals surface area contributed by atoms with Gasteiger partial charge in [-0.25, -0.2) is 9.67 Å². The number of aromatic nitrogens is 5. The first kappa shape index (κ1) is 15.4. The first-order chi connectivity index (χ1) is 11.9. The zero-order valence-corrected chi connectivity index (χ0v) is 14.8. The van der Waals surface area contributed by atoms with Gasteiger partial charge in [-0.05, 0) is 58.4 Å². The van der Waals surface area contributed by atoms with Crippen LogP contribution in [0.5, 0.6) is 5.75 Å². The topological polar surface area (TPSA) is 81.4 Å². The van der Waals surface area contributed by atoms with Crippen molar-refractivity contribution in [2.24, 2.45) is 0 Å². The molecule has 0 fully saturated rings. The number of aromatic hydroxyl groups is 1. The second kappa shape index (κ2) is 5.20. The standard InChI is InChI=1S/C18H19N5O2/c1-9-8-14(24)6-7-15(9)17-11(3)25-18-16(10(2)20-23(17)18)22-13(5)19-12(4)21-22/h6-8,24H,1-5H3. The number of hydrogen-bond donors (Lipinski definition) is 1. The summed E-state index contributed by atoms with van der Waals surface area (Å²) in [6.07, 6.45) is 0. The minimum Gasteiger partial charge on any atom is -0.508 e. The van der Waals surface area contributed by atoms with E-state index >= 15 is 0 Å². The van der Waals surface area contributed by atoms with Crippen molar-refractivity contribution in [2.75, 3.05) is 0 Å². The predicted octanol–water partition coefficient (Wildman–Crippen LogP) is 3.42. The molecule has 0 atom stereocenters. The molecule has 3 aromatic heterocycles. The number of oxazole rings is 1. The van der Waals surface area contributed by atoms with E-state index in [0.717, 1.165) is 39.8 Å². The molecule has 128 valence electrons. The number of nitrogens with zero attached hydrogens (tertiary/aromatic N) is 5. The van der Waals surface area contributed by atoms with Crippen LogP contribution in [0.4, 0.5) is 0 Å². The van der Waals surface area contributed by atoms with Crippen molar-refractivity contribution in [1.82, 2.24) is 24.4 Å². The normalized spacial score (nSPS) is 11.6. The van der Waals surface area contributed by atoms with Gasteiger partial charge in [0.2, 0.25) is 5.71 Å². The van der Waals surface area contributed by atoms with E-state index in [1.54, 1.807) is 21.3 Å². The van der Waals surface area contributed by atoms with Crippen molar-refractivity contribution in [2.45, 2.75) is 34.6 Å². The summed E-state index contributed by atoms with van der Waals surface area (Å²) in [6, 6.07) is 5.28. The van der Waals surface area contributed by atoms with Crippen LogP contribution < -0.4 is 0 Å². The first-order valence-corrected chi connectivity index (χ1v) is 8.06. The number of hydrogen-bond acceptors (Lipinski definition) is 5. The molecular weight excluding hydrogens is 318 g/mol. The lowest BCUT2D eigenvalue weighted by Crippen LogP contribution is -2.00. The number of phenolic OH excluding ortho intramolecular Hbond substituents is 1. The molecule has 7 heteroatoms. The maximum atomic E-state index is 9.68. The van der Waals surface area contributed by atoms with Gasteiger partial charge in [0.15, 0.2) is 5.69 Å². The second-order valence-electron chi connectivity index (χ2n) is 6.28. The molecule has 4 rings (SSSR count). The Bertz CT molecular complexity index is 1120. The third-order valence-electron chi connectivity index (χ3n) is 4.33. The molecule has 0 aliphatic carbocycles. The SMILES string of the molecule is Cc1nc(C)n(-c2c(C)nn3c(-c4ccc(O)cc4C)c(C)oc23)n1. The Labute approximate surface area is 144 Å². The van der Waals surface area contributed by atoms with Crippen LogP contribution in [0, 0.1) is 34.6 Å². The maximum absolute atomic E-state index is 9.68. The number of aryl methyl sites for hydroxylation is 5. The number of benzene rings is 1. The highest BCUT2D eigenvalue weighted by atomic mass is 16.4. The van der Waals surface area contributed by atoms with Gasteiger partial charge in [-0.15, -0.1) is 0 Å². The smallest absolute Gasteiger partial charge is 0.249 e. The van der Waals surface area contributed by atoms with Crippen molar-refractivity contribution in [3.63, 3.8) is 0 Å². The molecule has 0 unspecified atom stereocenters. The lowest BCUT2D eigenvalue weighted by molar-refractivity contribution is 0.475. The molecule has 3 heterocycles. The molecule has 1 aromatic carbocycles. The van der Waals surface area contributed by atoms with Crippen molar-refractivity contribution in [1.29, 1.82) is 0 Å². The Hall–Kier alpha value is -3.09. The van der Waals surface area contributed by atoms with Crippen molar-refractivity contribution >= 4 is 5.71 Å². The Morgan fingerprint density at radius 1 is 1.04 bits per heavy atom. The molecule has 0 radical (unpaired) electrons. The van der Waals surface area contributed by atoms with Gasteiger partial charge in [-0.1, -0.05) is 0 Å². The third kappa shape index (κ3) is 2.23. The van der Waals surface area contributed by atoms with E-state index in [9.17, 15) is 5.11 Å². The molecule has 1 N–H and O–H groups in total. The molecule has 0 saturated carbocycles. The summed E-state index contributed by atoms with van der Waals surface area (Å²) in [5, 5.41) is 18.8. The summed E-state index contributed by atoms with van der Waals surface area (Å²) in [6.45, 7) is 9.56. The van der Waals surface area contributed by atoms with Crippen LogP contribution in [0.3, 0.4) is 0 Å². The van der Waals surface area contributed by atoms with Gasteiger partial charge < -0.3 is 9.52 Å². The molecule has 0 amide bonds. The summed E-state index contributed by atoms with van der Waals surface area (Å²) in [7, 11) is 0. The van der Waals surface area contributed by atoms with Gasteiger partial charge >= 0.3 is 0 Å². The molecule has 0 spiro atoms. The molecule has 25 heavy (non-hydrogen) atoms. The second-order valence-corrected chi connectivity index (χ2v) is 6.28. The van der Waals surface area contributed by atoms with E-state index in [0.29, 0.717) is 11.5 Å². The largest absolute Gasteiger partial charge is 0.508 e. The van der Waals surface area contributed by atoms with E-state index in [-0.39, 0.29) is 5.75 Å². The fourth-order valence-corrected chi connectivity index (χ4v) is 3.28. The van der Waals surface area contributed by atoms with E-state index < -0.39 is 0 Å². The summed E-state index contributed by atoms with van der Waals surface area (Å²) >= 11 is 0.